The fourth-order valence-corrected chi connectivity index (χ4v) is 3.85. The summed E-state index contributed by atoms with van der Waals surface area (Å²) in [5, 5.41) is 3.67. The van der Waals surface area contributed by atoms with Gasteiger partial charge in [-0.1, -0.05) is 20.8 Å². The van der Waals surface area contributed by atoms with Crippen LogP contribution in [0.15, 0.2) is 22.7 Å². The van der Waals surface area contributed by atoms with Crippen LogP contribution in [-0.4, -0.2) is 13.2 Å². The van der Waals surface area contributed by atoms with Crippen molar-refractivity contribution in [3.05, 3.63) is 22.7 Å². The highest BCUT2D eigenvalue weighted by molar-refractivity contribution is 9.10. The van der Waals surface area contributed by atoms with Crippen LogP contribution in [0.2, 0.25) is 0 Å². The van der Waals surface area contributed by atoms with Crippen LogP contribution in [0.25, 0.3) is 0 Å². The van der Waals surface area contributed by atoms with E-state index in [2.05, 4.69) is 54.2 Å². The molecule has 0 aromatic heterocycles. The van der Waals surface area contributed by atoms with Crippen molar-refractivity contribution < 1.29 is 4.74 Å². The van der Waals surface area contributed by atoms with Gasteiger partial charge in [-0.05, 0) is 58.7 Å². The van der Waals surface area contributed by atoms with Crippen molar-refractivity contribution in [1.29, 1.82) is 0 Å². The summed E-state index contributed by atoms with van der Waals surface area (Å²) in [5.41, 5.74) is 1.59. The molecular weight excluding hydrogens is 302 g/mol. The highest BCUT2D eigenvalue weighted by Gasteiger charge is 2.31. The largest absolute Gasteiger partial charge is 0.495 e. The molecule has 1 aliphatic rings. The van der Waals surface area contributed by atoms with Gasteiger partial charge in [-0.3, -0.25) is 0 Å². The number of halogens is 1. The van der Waals surface area contributed by atoms with Gasteiger partial charge in [-0.2, -0.15) is 0 Å². The van der Waals surface area contributed by atoms with Gasteiger partial charge in [0.25, 0.3) is 0 Å². The topological polar surface area (TPSA) is 21.3 Å². The summed E-state index contributed by atoms with van der Waals surface area (Å²) in [6, 6.07) is 6.78. The van der Waals surface area contributed by atoms with Crippen molar-refractivity contribution in [3.8, 4) is 5.75 Å². The molecule has 0 amide bonds. The van der Waals surface area contributed by atoms with Crippen LogP contribution in [-0.2, 0) is 0 Å². The van der Waals surface area contributed by atoms with Crippen molar-refractivity contribution in [3.63, 3.8) is 0 Å². The summed E-state index contributed by atoms with van der Waals surface area (Å²) in [7, 11) is 1.70. The predicted molar refractivity (Wildman–Crippen MR) is 84.9 cm³/mol. The van der Waals surface area contributed by atoms with Crippen LogP contribution in [0.3, 0.4) is 0 Å². The Morgan fingerprint density at radius 2 is 2.05 bits per heavy atom. The van der Waals surface area contributed by atoms with E-state index in [4.69, 9.17) is 4.74 Å². The highest BCUT2D eigenvalue weighted by atomic mass is 79.9. The molecule has 0 aliphatic heterocycles. The number of methoxy groups -OCH3 is 1. The predicted octanol–water partition coefficient (Wildman–Crippen LogP) is 5.08. The normalized spacial score (nSPS) is 25.9. The molecule has 0 saturated heterocycles. The Balaban J connectivity index is 2.08. The molecule has 2 nitrogen and oxygen atoms in total. The number of benzene rings is 1. The van der Waals surface area contributed by atoms with Crippen LogP contribution in [0.4, 0.5) is 5.69 Å². The summed E-state index contributed by atoms with van der Waals surface area (Å²) < 4.78 is 6.35. The molecule has 3 heteroatoms. The van der Waals surface area contributed by atoms with Crippen molar-refractivity contribution in [2.24, 2.45) is 11.3 Å². The van der Waals surface area contributed by atoms with Crippen molar-refractivity contribution >= 4 is 21.6 Å². The standard InChI is InChI=1S/C16H24BrNO/c1-11-7-13(10-16(2,3)9-11)18-12-5-6-14(17)15(8-12)19-4/h5-6,8,11,13,18H,7,9-10H2,1-4H3. The Bertz CT molecular complexity index is 444. The fourth-order valence-electron chi connectivity index (χ4n) is 3.44. The summed E-state index contributed by atoms with van der Waals surface area (Å²) >= 11 is 3.49. The molecule has 2 rings (SSSR count). The first-order valence-electron chi connectivity index (χ1n) is 7.00. The number of rotatable bonds is 3. The molecule has 2 atom stereocenters. The van der Waals surface area contributed by atoms with E-state index in [0.29, 0.717) is 11.5 Å². The first-order valence-corrected chi connectivity index (χ1v) is 7.79. The van der Waals surface area contributed by atoms with Gasteiger partial charge in [-0.15, -0.1) is 0 Å². The Kier molecular flexibility index (Phi) is 4.44. The van der Waals surface area contributed by atoms with Crippen LogP contribution in [0, 0.1) is 11.3 Å². The van der Waals surface area contributed by atoms with E-state index in [1.54, 1.807) is 7.11 Å². The average molecular weight is 326 g/mol. The molecule has 1 saturated carbocycles. The van der Waals surface area contributed by atoms with E-state index >= 15 is 0 Å². The number of ether oxygens (including phenoxy) is 1. The maximum Gasteiger partial charge on any atom is 0.135 e. The SMILES string of the molecule is COc1cc(NC2CC(C)CC(C)(C)C2)ccc1Br. The van der Waals surface area contributed by atoms with E-state index in [-0.39, 0.29) is 0 Å². The first kappa shape index (κ1) is 14.7. The fraction of sp³-hybridized carbons (Fsp3) is 0.625. The van der Waals surface area contributed by atoms with E-state index < -0.39 is 0 Å². The molecule has 19 heavy (non-hydrogen) atoms. The van der Waals surface area contributed by atoms with Crippen molar-refractivity contribution in [2.75, 3.05) is 12.4 Å². The minimum Gasteiger partial charge on any atom is -0.495 e. The first-order chi connectivity index (χ1) is 8.89. The molecule has 1 aromatic carbocycles. The zero-order valence-electron chi connectivity index (χ0n) is 12.3. The minimum atomic E-state index is 0.439. The van der Waals surface area contributed by atoms with Gasteiger partial charge < -0.3 is 10.1 Å². The molecule has 0 bridgehead atoms. The van der Waals surface area contributed by atoms with E-state index in [1.807, 2.05) is 6.07 Å². The van der Waals surface area contributed by atoms with Gasteiger partial charge in [0.2, 0.25) is 0 Å². The van der Waals surface area contributed by atoms with Crippen molar-refractivity contribution in [2.45, 2.75) is 46.1 Å². The third-order valence-electron chi connectivity index (χ3n) is 3.91. The molecule has 1 fully saturated rings. The molecule has 1 aliphatic carbocycles. The van der Waals surface area contributed by atoms with Crippen LogP contribution in [0.1, 0.15) is 40.0 Å². The van der Waals surface area contributed by atoms with Crippen LogP contribution < -0.4 is 10.1 Å². The summed E-state index contributed by atoms with van der Waals surface area (Å²) in [4.78, 5) is 0. The second-order valence-corrected chi connectivity index (χ2v) is 7.46. The van der Waals surface area contributed by atoms with Gasteiger partial charge >= 0.3 is 0 Å². The van der Waals surface area contributed by atoms with Gasteiger partial charge in [0.15, 0.2) is 0 Å². The molecule has 106 valence electrons. The highest BCUT2D eigenvalue weighted by Crippen LogP contribution is 2.40. The molecule has 2 unspecified atom stereocenters. The summed E-state index contributed by atoms with van der Waals surface area (Å²) in [6.07, 6.45) is 3.81. The lowest BCUT2D eigenvalue weighted by Crippen LogP contribution is -2.35. The minimum absolute atomic E-state index is 0.439. The summed E-state index contributed by atoms with van der Waals surface area (Å²) in [5.74, 6) is 1.67. The quantitative estimate of drug-likeness (QED) is 0.836. The Morgan fingerprint density at radius 1 is 1.32 bits per heavy atom. The van der Waals surface area contributed by atoms with Crippen LogP contribution >= 0.6 is 15.9 Å². The maximum atomic E-state index is 5.35. The molecule has 0 spiro atoms. The lowest BCUT2D eigenvalue weighted by Gasteiger charge is -2.39. The van der Waals surface area contributed by atoms with E-state index in [9.17, 15) is 0 Å². The number of hydrogen-bond donors (Lipinski definition) is 1. The number of hydrogen-bond acceptors (Lipinski definition) is 2. The Morgan fingerprint density at radius 3 is 2.68 bits per heavy atom. The van der Waals surface area contributed by atoms with Gasteiger partial charge in [-0.25, -0.2) is 0 Å². The molecular formula is C16H24BrNO. The molecule has 0 heterocycles. The van der Waals surface area contributed by atoms with Gasteiger partial charge in [0.1, 0.15) is 5.75 Å². The second kappa shape index (κ2) is 5.74. The summed E-state index contributed by atoms with van der Waals surface area (Å²) in [6.45, 7) is 7.11. The lowest BCUT2D eigenvalue weighted by atomic mass is 9.70. The van der Waals surface area contributed by atoms with Gasteiger partial charge in [0.05, 0.1) is 11.6 Å². The smallest absolute Gasteiger partial charge is 0.135 e. The third kappa shape index (κ3) is 3.88. The second-order valence-electron chi connectivity index (χ2n) is 6.60. The van der Waals surface area contributed by atoms with E-state index in [0.717, 1.165) is 21.8 Å². The van der Waals surface area contributed by atoms with Gasteiger partial charge in [0, 0.05) is 17.8 Å². The van der Waals surface area contributed by atoms with Crippen LogP contribution in [0.5, 0.6) is 5.75 Å². The molecule has 1 aromatic rings. The zero-order chi connectivity index (χ0) is 14.0. The van der Waals surface area contributed by atoms with E-state index in [1.165, 1.54) is 19.3 Å². The Hall–Kier alpha value is -0.700. The lowest BCUT2D eigenvalue weighted by molar-refractivity contribution is 0.178. The molecule has 0 radical (unpaired) electrons. The maximum absolute atomic E-state index is 5.35. The molecule has 1 N–H and O–H groups in total. The number of anilines is 1. The van der Waals surface area contributed by atoms with Crippen molar-refractivity contribution in [1.82, 2.24) is 0 Å². The average Bonchev–Trinajstić information content (AvgIpc) is 2.29. The third-order valence-corrected chi connectivity index (χ3v) is 4.56. The Labute approximate surface area is 125 Å². The number of nitrogens with one attached hydrogen (secondary N) is 1. The monoisotopic (exact) mass is 325 g/mol. The zero-order valence-corrected chi connectivity index (χ0v) is 13.9.